The lowest BCUT2D eigenvalue weighted by atomic mass is 10.2. The van der Waals surface area contributed by atoms with Crippen LogP contribution in [0, 0.1) is 0 Å². The number of nitrogens with zero attached hydrogens (tertiary/aromatic N) is 1. The van der Waals surface area contributed by atoms with E-state index in [2.05, 4.69) is 5.32 Å². The van der Waals surface area contributed by atoms with E-state index in [-0.39, 0.29) is 11.8 Å². The Kier molecular flexibility index (Phi) is 5.36. The van der Waals surface area contributed by atoms with E-state index in [1.807, 2.05) is 44.2 Å². The number of benzene rings is 2. The molecule has 2 rings (SSSR count). The number of hydrogen-bond acceptors (Lipinski definition) is 3. The van der Waals surface area contributed by atoms with Crippen molar-refractivity contribution in [1.82, 2.24) is 4.90 Å². The van der Waals surface area contributed by atoms with Crippen LogP contribution >= 0.6 is 0 Å². The van der Waals surface area contributed by atoms with Crippen LogP contribution in [-0.2, 0) is 16.1 Å². The molecule has 120 valence electrons. The van der Waals surface area contributed by atoms with E-state index in [4.69, 9.17) is 0 Å². The van der Waals surface area contributed by atoms with Crippen molar-refractivity contribution in [3.05, 3.63) is 60.2 Å². The quantitative estimate of drug-likeness (QED) is 0.674. The van der Waals surface area contributed by atoms with Gasteiger partial charge in [-0.05, 0) is 43.7 Å². The number of carbonyl (C=O) groups excluding carboxylic acids is 2. The van der Waals surface area contributed by atoms with Crippen molar-refractivity contribution < 1.29 is 14.7 Å². The molecule has 0 aromatic heterocycles. The molecular formula is C18H20N2O3. The van der Waals surface area contributed by atoms with Gasteiger partial charge in [0.25, 0.3) is 0 Å². The fraction of sp³-hybridized carbons (Fsp3) is 0.222. The first-order valence-corrected chi connectivity index (χ1v) is 7.42. The molecule has 2 N–H and O–H groups in total. The third-order valence-corrected chi connectivity index (χ3v) is 3.40. The zero-order valence-electron chi connectivity index (χ0n) is 13.2. The molecule has 0 aliphatic carbocycles. The molecule has 5 nitrogen and oxygen atoms in total. The lowest BCUT2D eigenvalue weighted by molar-refractivity contribution is -0.144. The summed E-state index contributed by atoms with van der Waals surface area (Å²) in [5.74, 6) is -1.18. The Morgan fingerprint density at radius 2 is 1.65 bits per heavy atom. The maximum absolute atomic E-state index is 12.4. The molecule has 2 aromatic rings. The van der Waals surface area contributed by atoms with Gasteiger partial charge in [0.15, 0.2) is 0 Å². The monoisotopic (exact) mass is 312 g/mol. The average Bonchev–Trinajstić information content (AvgIpc) is 2.55. The molecule has 0 radical (unpaired) electrons. The van der Waals surface area contributed by atoms with Gasteiger partial charge in [0.05, 0.1) is 0 Å². The summed E-state index contributed by atoms with van der Waals surface area (Å²) in [7, 11) is 0. The maximum atomic E-state index is 12.4. The number of nitrogens with one attached hydrogen (secondary N) is 1. The highest BCUT2D eigenvalue weighted by atomic mass is 16.3. The SMILES string of the molecule is CC(C)N(Cc1ccccc1)C(=O)C(=O)Nc1ccc(O)cc1. The van der Waals surface area contributed by atoms with Crippen LogP contribution in [0.15, 0.2) is 54.6 Å². The van der Waals surface area contributed by atoms with Crippen LogP contribution in [0.2, 0.25) is 0 Å². The third kappa shape index (κ3) is 4.57. The van der Waals surface area contributed by atoms with Crippen molar-refractivity contribution in [2.75, 3.05) is 5.32 Å². The van der Waals surface area contributed by atoms with Gasteiger partial charge in [0, 0.05) is 18.3 Å². The fourth-order valence-electron chi connectivity index (χ4n) is 2.13. The van der Waals surface area contributed by atoms with Crippen molar-refractivity contribution in [2.45, 2.75) is 26.4 Å². The number of anilines is 1. The second-order valence-electron chi connectivity index (χ2n) is 5.51. The van der Waals surface area contributed by atoms with E-state index < -0.39 is 11.8 Å². The molecule has 0 saturated heterocycles. The Morgan fingerprint density at radius 1 is 1.04 bits per heavy atom. The number of amides is 2. The van der Waals surface area contributed by atoms with Gasteiger partial charge in [-0.15, -0.1) is 0 Å². The van der Waals surface area contributed by atoms with Crippen LogP contribution in [0.4, 0.5) is 5.69 Å². The Bertz CT molecular complexity index is 666. The second-order valence-corrected chi connectivity index (χ2v) is 5.51. The van der Waals surface area contributed by atoms with Crippen LogP contribution in [0.1, 0.15) is 19.4 Å². The minimum Gasteiger partial charge on any atom is -0.508 e. The van der Waals surface area contributed by atoms with Gasteiger partial charge < -0.3 is 15.3 Å². The van der Waals surface area contributed by atoms with E-state index >= 15 is 0 Å². The van der Waals surface area contributed by atoms with E-state index in [0.29, 0.717) is 12.2 Å². The Hall–Kier alpha value is -2.82. The molecule has 0 bridgehead atoms. The molecule has 0 unspecified atom stereocenters. The topological polar surface area (TPSA) is 69.6 Å². The predicted octanol–water partition coefficient (Wildman–Crippen LogP) is 2.77. The Labute approximate surface area is 135 Å². The lowest BCUT2D eigenvalue weighted by Gasteiger charge is -2.26. The molecule has 0 saturated carbocycles. The number of hydrogen-bond donors (Lipinski definition) is 2. The molecular weight excluding hydrogens is 292 g/mol. The summed E-state index contributed by atoms with van der Waals surface area (Å²) in [6, 6.07) is 15.4. The lowest BCUT2D eigenvalue weighted by Crippen LogP contribution is -2.43. The molecule has 2 aromatic carbocycles. The highest BCUT2D eigenvalue weighted by Crippen LogP contribution is 2.14. The molecule has 0 atom stereocenters. The van der Waals surface area contributed by atoms with Crippen LogP contribution < -0.4 is 5.32 Å². The maximum Gasteiger partial charge on any atom is 0.313 e. The zero-order valence-corrected chi connectivity index (χ0v) is 13.2. The first-order chi connectivity index (χ1) is 11.0. The summed E-state index contributed by atoms with van der Waals surface area (Å²) in [4.78, 5) is 26.1. The molecule has 23 heavy (non-hydrogen) atoms. The largest absolute Gasteiger partial charge is 0.508 e. The molecule has 0 aliphatic heterocycles. The summed E-state index contributed by atoms with van der Waals surface area (Å²) < 4.78 is 0. The van der Waals surface area contributed by atoms with Crippen molar-refractivity contribution in [3.8, 4) is 5.75 Å². The molecule has 0 spiro atoms. The standard InChI is InChI=1S/C18H20N2O3/c1-13(2)20(12-14-6-4-3-5-7-14)18(23)17(22)19-15-8-10-16(21)11-9-15/h3-11,13,21H,12H2,1-2H3,(H,19,22). The summed E-state index contributed by atoms with van der Waals surface area (Å²) in [6.45, 7) is 4.11. The average molecular weight is 312 g/mol. The molecule has 0 aliphatic rings. The first kappa shape index (κ1) is 16.5. The van der Waals surface area contributed by atoms with Gasteiger partial charge >= 0.3 is 11.8 Å². The number of rotatable bonds is 4. The Morgan fingerprint density at radius 3 is 2.22 bits per heavy atom. The van der Waals surface area contributed by atoms with Crippen molar-refractivity contribution in [2.24, 2.45) is 0 Å². The van der Waals surface area contributed by atoms with Crippen LogP contribution in [0.3, 0.4) is 0 Å². The summed E-state index contributed by atoms with van der Waals surface area (Å²) in [6.07, 6.45) is 0. The van der Waals surface area contributed by atoms with Crippen LogP contribution in [-0.4, -0.2) is 27.9 Å². The first-order valence-electron chi connectivity index (χ1n) is 7.42. The van der Waals surface area contributed by atoms with E-state index in [1.165, 1.54) is 29.2 Å². The zero-order chi connectivity index (χ0) is 16.8. The minimum absolute atomic E-state index is 0.0993. The van der Waals surface area contributed by atoms with Gasteiger partial charge in [0.1, 0.15) is 5.75 Å². The van der Waals surface area contributed by atoms with Gasteiger partial charge in [-0.3, -0.25) is 9.59 Å². The van der Waals surface area contributed by atoms with Gasteiger partial charge in [-0.1, -0.05) is 30.3 Å². The highest BCUT2D eigenvalue weighted by molar-refractivity contribution is 6.39. The molecule has 2 amide bonds. The second kappa shape index (κ2) is 7.45. The van der Waals surface area contributed by atoms with Crippen molar-refractivity contribution in [3.63, 3.8) is 0 Å². The predicted molar refractivity (Wildman–Crippen MR) is 88.9 cm³/mol. The number of phenolic OH excluding ortho intramolecular Hbond substituents is 1. The van der Waals surface area contributed by atoms with E-state index in [9.17, 15) is 14.7 Å². The third-order valence-electron chi connectivity index (χ3n) is 3.40. The molecule has 5 heteroatoms. The van der Waals surface area contributed by atoms with Gasteiger partial charge in [-0.2, -0.15) is 0 Å². The smallest absolute Gasteiger partial charge is 0.313 e. The number of aromatic hydroxyl groups is 1. The Balaban J connectivity index is 2.07. The minimum atomic E-state index is -0.694. The highest BCUT2D eigenvalue weighted by Gasteiger charge is 2.24. The van der Waals surface area contributed by atoms with Crippen LogP contribution in [0.25, 0.3) is 0 Å². The van der Waals surface area contributed by atoms with Gasteiger partial charge in [0.2, 0.25) is 0 Å². The van der Waals surface area contributed by atoms with Crippen molar-refractivity contribution >= 4 is 17.5 Å². The number of carbonyl (C=O) groups is 2. The molecule has 0 heterocycles. The van der Waals surface area contributed by atoms with Crippen LogP contribution in [0.5, 0.6) is 5.75 Å². The fourth-order valence-corrected chi connectivity index (χ4v) is 2.13. The summed E-state index contributed by atoms with van der Waals surface area (Å²) in [5.41, 5.74) is 1.43. The summed E-state index contributed by atoms with van der Waals surface area (Å²) >= 11 is 0. The van der Waals surface area contributed by atoms with E-state index in [0.717, 1.165) is 5.56 Å². The van der Waals surface area contributed by atoms with E-state index in [1.54, 1.807) is 0 Å². The molecule has 0 fully saturated rings. The van der Waals surface area contributed by atoms with Crippen molar-refractivity contribution in [1.29, 1.82) is 0 Å². The van der Waals surface area contributed by atoms with Gasteiger partial charge in [-0.25, -0.2) is 0 Å². The normalized spacial score (nSPS) is 10.4. The number of phenols is 1. The summed E-state index contributed by atoms with van der Waals surface area (Å²) in [5, 5.41) is 11.8.